The Kier molecular flexibility index (Phi) is 3.21. The molecular weight excluding hydrogens is 226 g/mol. The first-order valence-corrected chi connectivity index (χ1v) is 6.48. The highest BCUT2D eigenvalue weighted by atomic mass is 15.0. The number of nitrogens with zero attached hydrogens (tertiary/aromatic N) is 3. The van der Waals surface area contributed by atoms with E-state index < -0.39 is 0 Å². The molecule has 0 radical (unpaired) electrons. The van der Waals surface area contributed by atoms with Gasteiger partial charge in [0.25, 0.3) is 0 Å². The summed E-state index contributed by atoms with van der Waals surface area (Å²) in [6.45, 7) is 0.677. The van der Waals surface area contributed by atoms with Crippen molar-refractivity contribution in [2.45, 2.75) is 38.6 Å². The van der Waals surface area contributed by atoms with Crippen LogP contribution in [-0.4, -0.2) is 19.9 Å². The minimum absolute atomic E-state index is 0.677. The summed E-state index contributed by atoms with van der Waals surface area (Å²) in [5.74, 6) is 1.90. The lowest BCUT2D eigenvalue weighted by Crippen LogP contribution is -2.08. The molecular formula is C13H17N5. The summed E-state index contributed by atoms with van der Waals surface area (Å²) in [5.41, 5.74) is 2.51. The zero-order valence-corrected chi connectivity index (χ0v) is 10.3. The number of anilines is 1. The van der Waals surface area contributed by atoms with Gasteiger partial charge in [0.2, 0.25) is 0 Å². The van der Waals surface area contributed by atoms with Crippen molar-refractivity contribution in [3.05, 3.63) is 35.8 Å². The molecule has 0 unspecified atom stereocenters. The van der Waals surface area contributed by atoms with Gasteiger partial charge in [-0.05, 0) is 25.7 Å². The summed E-state index contributed by atoms with van der Waals surface area (Å²) < 4.78 is 0. The Morgan fingerprint density at radius 1 is 1.11 bits per heavy atom. The zero-order chi connectivity index (χ0) is 12.2. The standard InChI is InChI=1S/C13H17N5/c1-2-4-10-11(5-3-1)17-9-18-13(10)16-8-12-14-6-7-15-12/h6-7,9H,1-5,8H2,(H,14,15)(H,16,17,18). The summed E-state index contributed by atoms with van der Waals surface area (Å²) in [4.78, 5) is 16.1. The van der Waals surface area contributed by atoms with E-state index in [9.17, 15) is 0 Å². The van der Waals surface area contributed by atoms with Crippen molar-refractivity contribution in [2.24, 2.45) is 0 Å². The van der Waals surface area contributed by atoms with Gasteiger partial charge < -0.3 is 10.3 Å². The number of H-pyrrole nitrogens is 1. The number of aromatic nitrogens is 4. The molecule has 0 saturated carbocycles. The number of imidazole rings is 1. The fraction of sp³-hybridized carbons (Fsp3) is 0.462. The van der Waals surface area contributed by atoms with E-state index in [1.165, 1.54) is 30.5 Å². The molecule has 1 aliphatic rings. The lowest BCUT2D eigenvalue weighted by Gasteiger charge is -2.11. The van der Waals surface area contributed by atoms with E-state index in [2.05, 4.69) is 25.3 Å². The zero-order valence-electron chi connectivity index (χ0n) is 10.3. The molecule has 0 bridgehead atoms. The molecule has 3 rings (SSSR count). The van der Waals surface area contributed by atoms with Gasteiger partial charge in [-0.25, -0.2) is 15.0 Å². The summed E-state index contributed by atoms with van der Waals surface area (Å²) in [5, 5.41) is 3.36. The normalized spacial score (nSPS) is 14.9. The van der Waals surface area contributed by atoms with Gasteiger partial charge in [-0.1, -0.05) is 6.42 Å². The summed E-state index contributed by atoms with van der Waals surface area (Å²) >= 11 is 0. The second kappa shape index (κ2) is 5.16. The van der Waals surface area contributed by atoms with Crippen LogP contribution in [0.1, 0.15) is 36.3 Å². The monoisotopic (exact) mass is 243 g/mol. The first kappa shape index (κ1) is 11.2. The van der Waals surface area contributed by atoms with Crippen LogP contribution in [0.2, 0.25) is 0 Å². The molecule has 0 saturated heterocycles. The van der Waals surface area contributed by atoms with Crippen LogP contribution in [0.5, 0.6) is 0 Å². The molecule has 0 amide bonds. The van der Waals surface area contributed by atoms with Crippen LogP contribution in [0, 0.1) is 0 Å². The minimum Gasteiger partial charge on any atom is -0.363 e. The molecule has 2 aromatic heterocycles. The van der Waals surface area contributed by atoms with Crippen molar-refractivity contribution in [2.75, 3.05) is 5.32 Å². The van der Waals surface area contributed by atoms with Crippen LogP contribution in [0.4, 0.5) is 5.82 Å². The maximum absolute atomic E-state index is 4.41. The molecule has 0 fully saturated rings. The van der Waals surface area contributed by atoms with E-state index in [0.717, 1.165) is 24.5 Å². The van der Waals surface area contributed by atoms with E-state index in [1.807, 2.05) is 6.20 Å². The number of nitrogens with one attached hydrogen (secondary N) is 2. The molecule has 5 heteroatoms. The van der Waals surface area contributed by atoms with Gasteiger partial charge in [-0.2, -0.15) is 0 Å². The summed E-state index contributed by atoms with van der Waals surface area (Å²) in [7, 11) is 0. The first-order valence-electron chi connectivity index (χ1n) is 6.48. The van der Waals surface area contributed by atoms with E-state index in [1.54, 1.807) is 12.5 Å². The van der Waals surface area contributed by atoms with Gasteiger partial charge in [0.05, 0.1) is 6.54 Å². The molecule has 0 aromatic carbocycles. The quantitative estimate of drug-likeness (QED) is 0.810. The van der Waals surface area contributed by atoms with Crippen LogP contribution in [0.25, 0.3) is 0 Å². The fourth-order valence-electron chi connectivity index (χ4n) is 2.41. The predicted octanol–water partition coefficient (Wildman–Crippen LogP) is 2.08. The van der Waals surface area contributed by atoms with Gasteiger partial charge in [-0.15, -0.1) is 0 Å². The average molecular weight is 243 g/mol. The third-order valence-corrected chi connectivity index (χ3v) is 3.35. The van der Waals surface area contributed by atoms with Crippen LogP contribution < -0.4 is 5.32 Å². The highest BCUT2D eigenvalue weighted by Crippen LogP contribution is 2.23. The Labute approximate surface area is 106 Å². The molecule has 0 atom stereocenters. The summed E-state index contributed by atoms with van der Waals surface area (Å²) in [6, 6.07) is 0. The van der Waals surface area contributed by atoms with E-state index in [-0.39, 0.29) is 0 Å². The fourth-order valence-corrected chi connectivity index (χ4v) is 2.41. The lowest BCUT2D eigenvalue weighted by molar-refractivity contribution is 0.708. The Morgan fingerprint density at radius 2 is 2.06 bits per heavy atom. The second-order valence-electron chi connectivity index (χ2n) is 4.60. The number of hydrogen-bond acceptors (Lipinski definition) is 4. The number of aromatic amines is 1. The topological polar surface area (TPSA) is 66.5 Å². The van der Waals surface area contributed by atoms with Gasteiger partial charge in [0.15, 0.2) is 0 Å². The van der Waals surface area contributed by atoms with Crippen LogP contribution in [-0.2, 0) is 19.4 Å². The maximum Gasteiger partial charge on any atom is 0.133 e. The molecule has 94 valence electrons. The lowest BCUT2D eigenvalue weighted by atomic mass is 10.1. The van der Waals surface area contributed by atoms with E-state index in [4.69, 9.17) is 0 Å². The van der Waals surface area contributed by atoms with E-state index in [0.29, 0.717) is 6.54 Å². The van der Waals surface area contributed by atoms with Crippen molar-refractivity contribution in [3.63, 3.8) is 0 Å². The Balaban J connectivity index is 1.79. The molecule has 0 spiro atoms. The number of aryl methyl sites for hydroxylation is 1. The smallest absolute Gasteiger partial charge is 0.133 e. The first-order chi connectivity index (χ1) is 8.93. The second-order valence-corrected chi connectivity index (χ2v) is 4.60. The third-order valence-electron chi connectivity index (χ3n) is 3.35. The van der Waals surface area contributed by atoms with E-state index >= 15 is 0 Å². The van der Waals surface area contributed by atoms with Crippen molar-refractivity contribution in [1.82, 2.24) is 19.9 Å². The molecule has 2 aromatic rings. The Morgan fingerprint density at radius 3 is 2.94 bits per heavy atom. The van der Waals surface area contributed by atoms with Gasteiger partial charge in [0.1, 0.15) is 18.0 Å². The maximum atomic E-state index is 4.41. The summed E-state index contributed by atoms with van der Waals surface area (Å²) in [6.07, 6.45) is 11.2. The van der Waals surface area contributed by atoms with Gasteiger partial charge >= 0.3 is 0 Å². The third kappa shape index (κ3) is 2.34. The predicted molar refractivity (Wildman–Crippen MR) is 69.2 cm³/mol. The number of hydrogen-bond donors (Lipinski definition) is 2. The molecule has 18 heavy (non-hydrogen) atoms. The molecule has 2 heterocycles. The Bertz CT molecular complexity index is 506. The average Bonchev–Trinajstić information content (AvgIpc) is 2.79. The number of fused-ring (bicyclic) bond motifs is 1. The SMILES string of the molecule is c1c[nH]c(CNc2ncnc3c2CCCCC3)n1. The molecule has 0 aliphatic heterocycles. The van der Waals surface area contributed by atoms with Crippen LogP contribution in [0.15, 0.2) is 18.7 Å². The van der Waals surface area contributed by atoms with Crippen molar-refractivity contribution in [3.8, 4) is 0 Å². The van der Waals surface area contributed by atoms with Crippen molar-refractivity contribution >= 4 is 5.82 Å². The van der Waals surface area contributed by atoms with Crippen molar-refractivity contribution < 1.29 is 0 Å². The largest absolute Gasteiger partial charge is 0.363 e. The number of rotatable bonds is 3. The van der Waals surface area contributed by atoms with Crippen molar-refractivity contribution in [1.29, 1.82) is 0 Å². The highest BCUT2D eigenvalue weighted by molar-refractivity contribution is 5.46. The molecule has 5 nitrogen and oxygen atoms in total. The Hall–Kier alpha value is -1.91. The van der Waals surface area contributed by atoms with Crippen LogP contribution >= 0.6 is 0 Å². The molecule has 1 aliphatic carbocycles. The van der Waals surface area contributed by atoms with Gasteiger partial charge in [0, 0.05) is 23.7 Å². The van der Waals surface area contributed by atoms with Crippen LogP contribution in [0.3, 0.4) is 0 Å². The highest BCUT2D eigenvalue weighted by Gasteiger charge is 2.14. The molecule has 2 N–H and O–H groups in total. The minimum atomic E-state index is 0.677. The van der Waals surface area contributed by atoms with Gasteiger partial charge in [-0.3, -0.25) is 0 Å².